The molecule has 0 N–H and O–H groups in total. The van der Waals surface area contributed by atoms with Gasteiger partial charge >= 0.3 is 0 Å². The Morgan fingerprint density at radius 1 is 1.43 bits per heavy atom. The van der Waals surface area contributed by atoms with Gasteiger partial charge in [-0.15, -0.1) is 0 Å². The fraction of sp³-hybridized carbons (Fsp3) is 0.417. The molecule has 0 saturated heterocycles. The smallest absolute Gasteiger partial charge is 0.119 e. The summed E-state index contributed by atoms with van der Waals surface area (Å²) in [6, 6.07) is 6.60. The second-order valence-electron chi connectivity index (χ2n) is 3.79. The van der Waals surface area contributed by atoms with Crippen molar-refractivity contribution in [1.82, 2.24) is 0 Å². The molecule has 1 atom stereocenters. The summed E-state index contributed by atoms with van der Waals surface area (Å²) in [6.45, 7) is 4.22. The van der Waals surface area contributed by atoms with Crippen LogP contribution in [0.2, 0.25) is 0 Å². The van der Waals surface area contributed by atoms with E-state index < -0.39 is 0 Å². The second kappa shape index (κ2) is 3.45. The number of methoxy groups -OCH3 is 1. The van der Waals surface area contributed by atoms with Gasteiger partial charge in [0.2, 0.25) is 0 Å². The monoisotopic (exact) mass is 189 g/mol. The Bertz CT molecular complexity index is 382. The van der Waals surface area contributed by atoms with Crippen LogP contribution in [-0.4, -0.2) is 18.9 Å². The Morgan fingerprint density at radius 2 is 2.21 bits per heavy atom. The van der Waals surface area contributed by atoms with Crippen LogP contribution in [0.4, 0.5) is 0 Å². The van der Waals surface area contributed by atoms with Crippen LogP contribution in [0.5, 0.6) is 5.75 Å². The summed E-state index contributed by atoms with van der Waals surface area (Å²) in [4.78, 5) is 4.56. The summed E-state index contributed by atoms with van der Waals surface area (Å²) in [6.07, 6.45) is 1.02. The molecule has 2 nitrogen and oxygen atoms in total. The molecule has 0 fully saturated rings. The SMILES string of the molecule is COc1ccc2c(c1)C[C@@H](C)N=C2C. The van der Waals surface area contributed by atoms with Gasteiger partial charge in [0.25, 0.3) is 0 Å². The van der Waals surface area contributed by atoms with Crippen LogP contribution in [0.1, 0.15) is 25.0 Å². The van der Waals surface area contributed by atoms with Crippen molar-refractivity contribution >= 4 is 5.71 Å². The Balaban J connectivity index is 2.47. The van der Waals surface area contributed by atoms with Gasteiger partial charge in [0.15, 0.2) is 0 Å². The third-order valence-corrected chi connectivity index (χ3v) is 2.63. The van der Waals surface area contributed by atoms with Gasteiger partial charge in [-0.25, -0.2) is 0 Å². The van der Waals surface area contributed by atoms with Crippen molar-refractivity contribution in [3.05, 3.63) is 29.3 Å². The van der Waals surface area contributed by atoms with Gasteiger partial charge in [0.05, 0.1) is 13.2 Å². The van der Waals surface area contributed by atoms with E-state index in [1.165, 1.54) is 11.1 Å². The Kier molecular flexibility index (Phi) is 2.28. The zero-order valence-electron chi connectivity index (χ0n) is 8.87. The molecule has 0 spiro atoms. The number of aliphatic imine (C=N–C) groups is 1. The van der Waals surface area contributed by atoms with E-state index in [2.05, 4.69) is 31.0 Å². The van der Waals surface area contributed by atoms with Crippen LogP contribution in [0, 0.1) is 0 Å². The van der Waals surface area contributed by atoms with Crippen molar-refractivity contribution in [2.24, 2.45) is 4.99 Å². The lowest BCUT2D eigenvalue weighted by atomic mass is 9.95. The minimum atomic E-state index is 0.398. The molecule has 1 heterocycles. The summed E-state index contributed by atoms with van der Waals surface area (Å²) in [7, 11) is 1.70. The third-order valence-electron chi connectivity index (χ3n) is 2.63. The van der Waals surface area contributed by atoms with Gasteiger partial charge < -0.3 is 4.74 Å². The maximum atomic E-state index is 5.21. The van der Waals surface area contributed by atoms with Gasteiger partial charge in [0, 0.05) is 5.71 Å². The molecular weight excluding hydrogens is 174 g/mol. The van der Waals surface area contributed by atoms with Gasteiger partial charge in [-0.3, -0.25) is 4.99 Å². The van der Waals surface area contributed by atoms with Crippen LogP contribution in [-0.2, 0) is 6.42 Å². The summed E-state index contributed by atoms with van der Waals surface area (Å²) in [5.74, 6) is 0.936. The number of ether oxygens (including phenoxy) is 1. The molecule has 1 aromatic rings. The van der Waals surface area contributed by atoms with E-state index in [1.807, 2.05) is 6.07 Å². The van der Waals surface area contributed by atoms with E-state index in [0.29, 0.717) is 6.04 Å². The van der Waals surface area contributed by atoms with Gasteiger partial charge in [-0.1, -0.05) is 0 Å². The quantitative estimate of drug-likeness (QED) is 0.665. The highest BCUT2D eigenvalue weighted by molar-refractivity contribution is 6.01. The first kappa shape index (κ1) is 9.25. The zero-order chi connectivity index (χ0) is 10.1. The van der Waals surface area contributed by atoms with E-state index in [-0.39, 0.29) is 0 Å². The maximum Gasteiger partial charge on any atom is 0.119 e. The van der Waals surface area contributed by atoms with Crippen molar-refractivity contribution in [2.75, 3.05) is 7.11 Å². The molecule has 0 amide bonds. The van der Waals surface area contributed by atoms with Gasteiger partial charge in [0.1, 0.15) is 5.75 Å². The van der Waals surface area contributed by atoms with Crippen molar-refractivity contribution in [1.29, 1.82) is 0 Å². The van der Waals surface area contributed by atoms with E-state index in [4.69, 9.17) is 4.74 Å². The molecule has 1 aliphatic rings. The summed E-state index contributed by atoms with van der Waals surface area (Å²) >= 11 is 0. The highest BCUT2D eigenvalue weighted by Crippen LogP contribution is 2.24. The van der Waals surface area contributed by atoms with Crippen molar-refractivity contribution in [3.63, 3.8) is 0 Å². The molecule has 0 radical (unpaired) electrons. The molecule has 0 bridgehead atoms. The number of fused-ring (bicyclic) bond motifs is 1. The highest BCUT2D eigenvalue weighted by Gasteiger charge is 2.15. The maximum absolute atomic E-state index is 5.21. The molecule has 2 rings (SSSR count). The molecule has 0 aliphatic carbocycles. The fourth-order valence-electron chi connectivity index (χ4n) is 1.98. The van der Waals surface area contributed by atoms with E-state index >= 15 is 0 Å². The molecule has 0 saturated carbocycles. The van der Waals surface area contributed by atoms with Crippen molar-refractivity contribution in [3.8, 4) is 5.75 Å². The molecule has 0 aromatic heterocycles. The van der Waals surface area contributed by atoms with E-state index in [9.17, 15) is 0 Å². The fourth-order valence-corrected chi connectivity index (χ4v) is 1.98. The Labute approximate surface area is 84.6 Å². The average Bonchev–Trinajstić information content (AvgIpc) is 2.16. The van der Waals surface area contributed by atoms with Crippen LogP contribution in [0.25, 0.3) is 0 Å². The first-order chi connectivity index (χ1) is 6.70. The average molecular weight is 189 g/mol. The third kappa shape index (κ3) is 1.52. The standard InChI is InChI=1S/C12H15NO/c1-8-6-10-7-11(14-3)4-5-12(10)9(2)13-8/h4-5,7-8H,6H2,1-3H3/t8-/m1/s1. The van der Waals surface area contributed by atoms with Crippen molar-refractivity contribution in [2.45, 2.75) is 26.3 Å². The predicted octanol–water partition coefficient (Wildman–Crippen LogP) is 2.45. The molecule has 0 unspecified atom stereocenters. The molecular formula is C12H15NO. The summed E-state index contributed by atoms with van der Waals surface area (Å²) in [5.41, 5.74) is 3.76. The number of nitrogens with zero attached hydrogens (tertiary/aromatic N) is 1. The minimum Gasteiger partial charge on any atom is -0.497 e. The number of rotatable bonds is 1. The molecule has 74 valence electrons. The first-order valence-corrected chi connectivity index (χ1v) is 4.92. The topological polar surface area (TPSA) is 21.6 Å². The molecule has 2 heteroatoms. The van der Waals surface area contributed by atoms with Crippen LogP contribution < -0.4 is 4.74 Å². The second-order valence-corrected chi connectivity index (χ2v) is 3.79. The lowest BCUT2D eigenvalue weighted by Crippen LogP contribution is -2.16. The summed E-state index contributed by atoms with van der Waals surface area (Å²) in [5, 5.41) is 0. The van der Waals surface area contributed by atoms with E-state index in [0.717, 1.165) is 17.9 Å². The summed E-state index contributed by atoms with van der Waals surface area (Å²) < 4.78 is 5.21. The van der Waals surface area contributed by atoms with Crippen LogP contribution >= 0.6 is 0 Å². The number of hydrogen-bond acceptors (Lipinski definition) is 2. The number of hydrogen-bond donors (Lipinski definition) is 0. The van der Waals surface area contributed by atoms with E-state index in [1.54, 1.807) is 7.11 Å². The lowest BCUT2D eigenvalue weighted by Gasteiger charge is -2.19. The van der Waals surface area contributed by atoms with Gasteiger partial charge in [-0.05, 0) is 49.6 Å². The van der Waals surface area contributed by atoms with Crippen LogP contribution in [0.3, 0.4) is 0 Å². The predicted molar refractivity (Wildman–Crippen MR) is 58.4 cm³/mol. The Hall–Kier alpha value is -1.31. The molecule has 1 aromatic carbocycles. The lowest BCUT2D eigenvalue weighted by molar-refractivity contribution is 0.414. The van der Waals surface area contributed by atoms with Gasteiger partial charge in [-0.2, -0.15) is 0 Å². The normalized spacial score (nSPS) is 19.9. The first-order valence-electron chi connectivity index (χ1n) is 4.92. The van der Waals surface area contributed by atoms with Crippen molar-refractivity contribution < 1.29 is 4.74 Å². The highest BCUT2D eigenvalue weighted by atomic mass is 16.5. The van der Waals surface area contributed by atoms with Crippen LogP contribution in [0.15, 0.2) is 23.2 Å². The zero-order valence-corrected chi connectivity index (χ0v) is 8.87. The molecule has 14 heavy (non-hydrogen) atoms. The molecule has 1 aliphatic heterocycles. The Morgan fingerprint density at radius 3 is 2.93 bits per heavy atom. The largest absolute Gasteiger partial charge is 0.497 e. The minimum absolute atomic E-state index is 0.398. The number of benzene rings is 1.